The standard InChI is InChI=1S/C21H22ClFN2O2/c22-16-7-5-14(6-8-16)20-12-25-11-17(10-18(25)13-27-20)24-21(26)9-15-3-1-2-4-19(15)23/h1-8,17-18,20H,9-13H2,(H,24,26)/t17-,18-,20+/m0/s1. The molecule has 2 aromatic carbocycles. The average Bonchev–Trinajstić information content (AvgIpc) is 3.05. The van der Waals surface area contributed by atoms with Gasteiger partial charge in [-0.1, -0.05) is 41.9 Å². The molecule has 3 atom stereocenters. The van der Waals surface area contributed by atoms with E-state index >= 15 is 0 Å². The molecule has 0 aromatic heterocycles. The number of morpholine rings is 1. The summed E-state index contributed by atoms with van der Waals surface area (Å²) in [5, 5.41) is 3.77. The minimum absolute atomic E-state index is 0.0198. The SMILES string of the molecule is O=C(Cc1ccccc1F)N[C@H]1C[C@H]2CO[C@@H](c3ccc(Cl)cc3)CN2C1. The summed E-state index contributed by atoms with van der Waals surface area (Å²) >= 11 is 5.96. The van der Waals surface area contributed by atoms with Crippen LogP contribution in [0.25, 0.3) is 0 Å². The van der Waals surface area contributed by atoms with Crippen molar-refractivity contribution in [3.05, 3.63) is 70.5 Å². The highest BCUT2D eigenvalue weighted by Gasteiger charge is 2.38. The smallest absolute Gasteiger partial charge is 0.224 e. The minimum atomic E-state index is -0.337. The zero-order valence-electron chi connectivity index (χ0n) is 14.9. The lowest BCUT2D eigenvalue weighted by atomic mass is 10.1. The molecule has 2 aliphatic rings. The first-order valence-electron chi connectivity index (χ1n) is 9.22. The summed E-state index contributed by atoms with van der Waals surface area (Å²) in [6.07, 6.45) is 0.944. The Labute approximate surface area is 163 Å². The zero-order valence-corrected chi connectivity index (χ0v) is 15.7. The Hall–Kier alpha value is -1.95. The molecule has 142 valence electrons. The second-order valence-corrected chi connectivity index (χ2v) is 7.69. The third-order valence-corrected chi connectivity index (χ3v) is 5.59. The average molecular weight is 389 g/mol. The maximum absolute atomic E-state index is 13.7. The molecule has 1 N–H and O–H groups in total. The van der Waals surface area contributed by atoms with Crippen molar-refractivity contribution in [2.24, 2.45) is 0 Å². The van der Waals surface area contributed by atoms with Gasteiger partial charge in [0.25, 0.3) is 0 Å². The molecule has 2 aliphatic heterocycles. The van der Waals surface area contributed by atoms with Crippen LogP contribution in [0.5, 0.6) is 0 Å². The fourth-order valence-corrected chi connectivity index (χ4v) is 4.08. The van der Waals surface area contributed by atoms with E-state index in [0.29, 0.717) is 23.2 Å². The molecule has 0 radical (unpaired) electrons. The minimum Gasteiger partial charge on any atom is -0.371 e. The van der Waals surface area contributed by atoms with E-state index in [4.69, 9.17) is 16.3 Å². The van der Waals surface area contributed by atoms with E-state index in [1.54, 1.807) is 18.2 Å². The van der Waals surface area contributed by atoms with Crippen LogP contribution in [0.15, 0.2) is 48.5 Å². The van der Waals surface area contributed by atoms with Crippen molar-refractivity contribution in [1.82, 2.24) is 10.2 Å². The largest absolute Gasteiger partial charge is 0.371 e. The lowest BCUT2D eigenvalue weighted by Crippen LogP contribution is -2.43. The first-order chi connectivity index (χ1) is 13.1. The number of carbonyl (C=O) groups excluding carboxylic acids is 1. The number of halogens is 2. The Kier molecular flexibility index (Phi) is 5.43. The summed E-state index contributed by atoms with van der Waals surface area (Å²) in [6.45, 7) is 2.24. The zero-order chi connectivity index (χ0) is 18.8. The van der Waals surface area contributed by atoms with Gasteiger partial charge in [-0.2, -0.15) is 0 Å². The molecule has 27 heavy (non-hydrogen) atoms. The molecule has 6 heteroatoms. The van der Waals surface area contributed by atoms with Gasteiger partial charge in [0, 0.05) is 30.2 Å². The van der Waals surface area contributed by atoms with Gasteiger partial charge in [-0.05, 0) is 35.7 Å². The second kappa shape index (κ2) is 7.97. The van der Waals surface area contributed by atoms with Gasteiger partial charge in [0.05, 0.1) is 19.1 Å². The van der Waals surface area contributed by atoms with Crippen LogP contribution in [0, 0.1) is 5.82 Å². The normalized spacial score (nSPS) is 25.2. The summed E-state index contributed by atoms with van der Waals surface area (Å²) in [6, 6.07) is 14.5. The third kappa shape index (κ3) is 4.32. The Bertz CT molecular complexity index is 814. The number of rotatable bonds is 4. The van der Waals surface area contributed by atoms with Gasteiger partial charge in [-0.3, -0.25) is 9.69 Å². The Balaban J connectivity index is 1.32. The topological polar surface area (TPSA) is 41.6 Å². The second-order valence-electron chi connectivity index (χ2n) is 7.25. The van der Waals surface area contributed by atoms with Gasteiger partial charge in [0.2, 0.25) is 5.91 Å². The van der Waals surface area contributed by atoms with E-state index in [1.807, 2.05) is 24.3 Å². The number of amides is 1. The van der Waals surface area contributed by atoms with Crippen molar-refractivity contribution in [1.29, 1.82) is 0 Å². The van der Waals surface area contributed by atoms with Crippen LogP contribution in [0.1, 0.15) is 23.7 Å². The molecule has 2 aromatic rings. The molecule has 2 saturated heterocycles. The Morgan fingerprint density at radius 1 is 1.19 bits per heavy atom. The maximum Gasteiger partial charge on any atom is 0.224 e. The van der Waals surface area contributed by atoms with Gasteiger partial charge >= 0.3 is 0 Å². The van der Waals surface area contributed by atoms with Gasteiger partial charge in [0.1, 0.15) is 5.82 Å². The molecule has 1 amide bonds. The van der Waals surface area contributed by atoms with E-state index in [0.717, 1.165) is 25.1 Å². The summed E-state index contributed by atoms with van der Waals surface area (Å²) < 4.78 is 19.8. The molecule has 0 unspecified atom stereocenters. The van der Waals surface area contributed by atoms with Crippen LogP contribution < -0.4 is 5.32 Å². The summed E-state index contributed by atoms with van der Waals surface area (Å²) in [7, 11) is 0. The molecular weight excluding hydrogens is 367 g/mol. The van der Waals surface area contributed by atoms with Gasteiger partial charge < -0.3 is 10.1 Å². The number of fused-ring (bicyclic) bond motifs is 1. The van der Waals surface area contributed by atoms with Gasteiger partial charge in [0.15, 0.2) is 0 Å². The van der Waals surface area contributed by atoms with E-state index < -0.39 is 0 Å². The highest BCUT2D eigenvalue weighted by Crippen LogP contribution is 2.30. The number of carbonyl (C=O) groups is 1. The number of nitrogens with zero attached hydrogens (tertiary/aromatic N) is 1. The number of hydrogen-bond acceptors (Lipinski definition) is 3. The fourth-order valence-electron chi connectivity index (χ4n) is 3.95. The van der Waals surface area contributed by atoms with E-state index in [1.165, 1.54) is 6.07 Å². The molecule has 2 heterocycles. The number of nitrogens with one attached hydrogen (secondary N) is 1. The Morgan fingerprint density at radius 3 is 2.74 bits per heavy atom. The third-order valence-electron chi connectivity index (χ3n) is 5.33. The van der Waals surface area contributed by atoms with Crippen LogP contribution >= 0.6 is 11.6 Å². The van der Waals surface area contributed by atoms with Crippen LogP contribution in [-0.4, -0.2) is 42.6 Å². The summed E-state index contributed by atoms with van der Waals surface area (Å²) in [4.78, 5) is 14.7. The van der Waals surface area contributed by atoms with Crippen LogP contribution in [0.2, 0.25) is 5.02 Å². The van der Waals surface area contributed by atoms with Gasteiger partial charge in [-0.25, -0.2) is 4.39 Å². The maximum atomic E-state index is 13.7. The summed E-state index contributed by atoms with van der Waals surface area (Å²) in [5.74, 6) is -0.476. The highest BCUT2D eigenvalue weighted by molar-refractivity contribution is 6.30. The van der Waals surface area contributed by atoms with E-state index in [9.17, 15) is 9.18 Å². The lowest BCUT2D eigenvalue weighted by Gasteiger charge is -2.35. The molecule has 2 fully saturated rings. The van der Waals surface area contributed by atoms with Crippen LogP contribution in [0.3, 0.4) is 0 Å². The molecule has 0 spiro atoms. The number of benzene rings is 2. The first kappa shape index (κ1) is 18.4. The van der Waals surface area contributed by atoms with Crippen molar-refractivity contribution in [3.8, 4) is 0 Å². The quantitative estimate of drug-likeness (QED) is 0.873. The predicted molar refractivity (Wildman–Crippen MR) is 102 cm³/mol. The van der Waals surface area contributed by atoms with Crippen molar-refractivity contribution < 1.29 is 13.9 Å². The van der Waals surface area contributed by atoms with Crippen molar-refractivity contribution in [3.63, 3.8) is 0 Å². The van der Waals surface area contributed by atoms with Crippen molar-refractivity contribution in [2.75, 3.05) is 19.7 Å². The lowest BCUT2D eigenvalue weighted by molar-refractivity contribution is -0.121. The highest BCUT2D eigenvalue weighted by atomic mass is 35.5. The molecule has 0 saturated carbocycles. The van der Waals surface area contributed by atoms with Crippen LogP contribution in [-0.2, 0) is 16.0 Å². The molecule has 0 bridgehead atoms. The van der Waals surface area contributed by atoms with Gasteiger partial charge in [-0.15, -0.1) is 0 Å². The van der Waals surface area contributed by atoms with Crippen molar-refractivity contribution in [2.45, 2.75) is 31.0 Å². The summed E-state index contributed by atoms with van der Waals surface area (Å²) in [5.41, 5.74) is 1.54. The van der Waals surface area contributed by atoms with Crippen molar-refractivity contribution >= 4 is 17.5 Å². The predicted octanol–water partition coefficient (Wildman–Crippen LogP) is 3.35. The molecule has 4 rings (SSSR count). The van der Waals surface area contributed by atoms with Crippen LogP contribution in [0.4, 0.5) is 4.39 Å². The van der Waals surface area contributed by atoms with E-state index in [-0.39, 0.29) is 30.3 Å². The fraction of sp³-hybridized carbons (Fsp3) is 0.381. The number of ether oxygens (including phenoxy) is 1. The monoisotopic (exact) mass is 388 g/mol. The first-order valence-corrected chi connectivity index (χ1v) is 9.60. The van der Waals surface area contributed by atoms with E-state index in [2.05, 4.69) is 10.2 Å². The Morgan fingerprint density at radius 2 is 1.96 bits per heavy atom. The number of hydrogen-bond donors (Lipinski definition) is 1. The molecular formula is C21H22ClFN2O2. The molecule has 0 aliphatic carbocycles. The molecule has 4 nitrogen and oxygen atoms in total.